The summed E-state index contributed by atoms with van der Waals surface area (Å²) in [4.78, 5) is 4.73. The highest BCUT2D eigenvalue weighted by atomic mass is 35.5. The van der Waals surface area contributed by atoms with Crippen molar-refractivity contribution in [3.8, 4) is 5.75 Å². The summed E-state index contributed by atoms with van der Waals surface area (Å²) in [5.74, 6) is 2.58. The molecule has 3 aromatic rings. The molecule has 28 heavy (non-hydrogen) atoms. The number of aliphatic hydroxyl groups is 1. The van der Waals surface area contributed by atoms with E-state index in [4.69, 9.17) is 9.72 Å². The lowest BCUT2D eigenvalue weighted by molar-refractivity contribution is 0.0925. The number of hydrogen-bond acceptors (Lipinski definition) is 3. The molecule has 0 spiro atoms. The van der Waals surface area contributed by atoms with E-state index in [0.717, 1.165) is 22.6 Å². The van der Waals surface area contributed by atoms with Crippen LogP contribution in [-0.2, 0) is 6.54 Å². The number of para-hydroxylation sites is 2. The van der Waals surface area contributed by atoms with Gasteiger partial charge < -0.3 is 14.4 Å². The third kappa shape index (κ3) is 4.86. The van der Waals surface area contributed by atoms with E-state index in [0.29, 0.717) is 12.5 Å². The molecule has 152 valence electrons. The first kappa shape index (κ1) is 22.3. The van der Waals surface area contributed by atoms with Gasteiger partial charge in [-0.25, -0.2) is 4.98 Å². The van der Waals surface area contributed by atoms with E-state index in [1.54, 1.807) is 0 Å². The van der Waals surface area contributed by atoms with Gasteiger partial charge >= 0.3 is 0 Å². The molecule has 0 fully saturated rings. The Hall–Kier alpha value is -2.04. The molecule has 0 saturated carbocycles. The summed E-state index contributed by atoms with van der Waals surface area (Å²) < 4.78 is 7.97. The van der Waals surface area contributed by atoms with Gasteiger partial charge in [0.1, 0.15) is 24.3 Å². The topological polar surface area (TPSA) is 47.3 Å². The van der Waals surface area contributed by atoms with E-state index in [1.807, 2.05) is 30.3 Å². The van der Waals surface area contributed by atoms with Gasteiger partial charge in [-0.3, -0.25) is 0 Å². The number of fused-ring (bicyclic) bond motifs is 1. The van der Waals surface area contributed by atoms with Crippen LogP contribution in [0.15, 0.2) is 42.5 Å². The number of ether oxygens (including phenoxy) is 1. The molecule has 1 heterocycles. The molecule has 1 atom stereocenters. The molecule has 0 aliphatic rings. The van der Waals surface area contributed by atoms with Gasteiger partial charge in [0.25, 0.3) is 0 Å². The van der Waals surface area contributed by atoms with Crippen molar-refractivity contribution in [2.75, 3.05) is 6.61 Å². The van der Waals surface area contributed by atoms with E-state index in [-0.39, 0.29) is 24.9 Å². The van der Waals surface area contributed by atoms with Gasteiger partial charge in [-0.15, -0.1) is 12.4 Å². The normalized spacial score (nSPS) is 12.4. The van der Waals surface area contributed by atoms with Crippen molar-refractivity contribution in [3.63, 3.8) is 0 Å². The van der Waals surface area contributed by atoms with Crippen molar-refractivity contribution < 1.29 is 9.84 Å². The predicted octanol–water partition coefficient (Wildman–Crippen LogP) is 5.45. The average Bonchev–Trinajstić information content (AvgIpc) is 2.98. The zero-order chi connectivity index (χ0) is 19.6. The van der Waals surface area contributed by atoms with Crippen LogP contribution in [0.3, 0.4) is 0 Å². The van der Waals surface area contributed by atoms with Gasteiger partial charge in [0.05, 0.1) is 17.6 Å². The third-order valence-electron chi connectivity index (χ3n) is 4.90. The Balaban J connectivity index is 0.00000280. The van der Waals surface area contributed by atoms with Crippen molar-refractivity contribution in [1.82, 2.24) is 9.55 Å². The second kappa shape index (κ2) is 9.44. The largest absolute Gasteiger partial charge is 0.491 e. The number of benzene rings is 2. The van der Waals surface area contributed by atoms with Crippen LogP contribution in [-0.4, -0.2) is 27.4 Å². The molecule has 0 saturated heterocycles. The van der Waals surface area contributed by atoms with Gasteiger partial charge in [0.15, 0.2) is 0 Å². The highest BCUT2D eigenvalue weighted by Gasteiger charge is 2.17. The number of imidazole rings is 1. The summed E-state index contributed by atoms with van der Waals surface area (Å²) in [5.41, 5.74) is 4.57. The minimum absolute atomic E-state index is 0. The number of aryl methyl sites for hydroxylation is 1. The fourth-order valence-corrected chi connectivity index (χ4v) is 3.57. The summed E-state index contributed by atoms with van der Waals surface area (Å²) >= 11 is 0. The fraction of sp³-hybridized carbons (Fsp3) is 0.435. The van der Waals surface area contributed by atoms with Gasteiger partial charge in [-0.05, 0) is 48.2 Å². The number of rotatable bonds is 7. The maximum absolute atomic E-state index is 10.6. The molecule has 1 N–H and O–H groups in total. The van der Waals surface area contributed by atoms with Crippen LogP contribution in [0.5, 0.6) is 5.75 Å². The molecule has 1 aromatic heterocycles. The lowest BCUT2D eigenvalue weighted by atomic mass is 9.98. The van der Waals surface area contributed by atoms with Crippen molar-refractivity contribution in [2.45, 2.75) is 59.1 Å². The molecule has 4 nitrogen and oxygen atoms in total. The zero-order valence-corrected chi connectivity index (χ0v) is 18.2. The van der Waals surface area contributed by atoms with Gasteiger partial charge in [0.2, 0.25) is 0 Å². The van der Waals surface area contributed by atoms with Gasteiger partial charge in [-0.1, -0.05) is 45.9 Å². The zero-order valence-electron chi connectivity index (χ0n) is 17.3. The Kier molecular flexibility index (Phi) is 7.50. The first-order valence-electron chi connectivity index (χ1n) is 9.73. The van der Waals surface area contributed by atoms with Crippen molar-refractivity contribution in [2.24, 2.45) is 0 Å². The Morgan fingerprint density at radius 1 is 1.04 bits per heavy atom. The summed E-state index contributed by atoms with van der Waals surface area (Å²) in [7, 11) is 0. The number of nitrogens with zero attached hydrogens (tertiary/aromatic N) is 2. The molecule has 0 amide bonds. The van der Waals surface area contributed by atoms with Crippen LogP contribution in [0.4, 0.5) is 0 Å². The smallest absolute Gasteiger partial charge is 0.119 e. The maximum atomic E-state index is 10.6. The standard InChI is InChI=1S/C23H30N2O2.ClH/c1-15(2)20-11-10-19(12-17(20)5)27-14-18(26)13-25-22-9-7-6-8-21(22)24-23(25)16(3)4;/h6-12,15-16,18,26H,13-14H2,1-5H3;1H. The Morgan fingerprint density at radius 3 is 2.39 bits per heavy atom. The van der Waals surface area contributed by atoms with Crippen molar-refractivity contribution in [1.29, 1.82) is 0 Å². The highest BCUT2D eigenvalue weighted by molar-refractivity contribution is 5.85. The predicted molar refractivity (Wildman–Crippen MR) is 118 cm³/mol. The second-order valence-electron chi connectivity index (χ2n) is 7.86. The molecule has 0 bridgehead atoms. The summed E-state index contributed by atoms with van der Waals surface area (Å²) in [6, 6.07) is 14.2. The Morgan fingerprint density at radius 2 is 1.75 bits per heavy atom. The van der Waals surface area contributed by atoms with Crippen LogP contribution < -0.4 is 4.74 Å². The third-order valence-corrected chi connectivity index (χ3v) is 4.90. The molecule has 0 aliphatic carbocycles. The Bertz CT molecular complexity index is 918. The van der Waals surface area contributed by atoms with Crippen molar-refractivity contribution >= 4 is 23.4 Å². The molecule has 0 aliphatic heterocycles. The number of aromatic nitrogens is 2. The van der Waals surface area contributed by atoms with Gasteiger partial charge in [0, 0.05) is 5.92 Å². The molecule has 3 rings (SSSR count). The lowest BCUT2D eigenvalue weighted by Crippen LogP contribution is -2.25. The summed E-state index contributed by atoms with van der Waals surface area (Å²) in [6.07, 6.45) is -0.606. The minimum Gasteiger partial charge on any atom is -0.491 e. The Labute approximate surface area is 174 Å². The molecule has 2 aromatic carbocycles. The molecule has 1 unspecified atom stereocenters. The average molecular weight is 403 g/mol. The van der Waals surface area contributed by atoms with E-state index in [9.17, 15) is 5.11 Å². The summed E-state index contributed by atoms with van der Waals surface area (Å²) in [6.45, 7) is 11.5. The van der Waals surface area contributed by atoms with Crippen molar-refractivity contribution in [3.05, 3.63) is 59.4 Å². The van der Waals surface area contributed by atoms with Crippen LogP contribution in [0.25, 0.3) is 11.0 Å². The molecular weight excluding hydrogens is 372 g/mol. The second-order valence-corrected chi connectivity index (χ2v) is 7.86. The first-order valence-corrected chi connectivity index (χ1v) is 9.73. The fourth-order valence-electron chi connectivity index (χ4n) is 3.57. The molecule has 5 heteroatoms. The number of aliphatic hydroxyl groups excluding tert-OH is 1. The summed E-state index contributed by atoms with van der Waals surface area (Å²) in [5, 5.41) is 10.6. The SMILES string of the molecule is Cc1cc(OCC(O)Cn2c(C(C)C)nc3ccccc32)ccc1C(C)C.Cl. The molecular formula is C23H31ClN2O2. The maximum Gasteiger partial charge on any atom is 0.119 e. The van der Waals surface area contributed by atoms with E-state index in [2.05, 4.69) is 51.3 Å². The van der Waals surface area contributed by atoms with Crippen LogP contribution >= 0.6 is 12.4 Å². The van der Waals surface area contributed by atoms with E-state index in [1.165, 1.54) is 11.1 Å². The van der Waals surface area contributed by atoms with E-state index >= 15 is 0 Å². The lowest BCUT2D eigenvalue weighted by Gasteiger charge is -2.17. The highest BCUT2D eigenvalue weighted by Crippen LogP contribution is 2.24. The number of halogens is 1. The van der Waals surface area contributed by atoms with Crippen LogP contribution in [0.2, 0.25) is 0 Å². The first-order chi connectivity index (χ1) is 12.9. The van der Waals surface area contributed by atoms with E-state index < -0.39 is 6.10 Å². The monoisotopic (exact) mass is 402 g/mol. The molecule has 0 radical (unpaired) electrons. The van der Waals surface area contributed by atoms with Gasteiger partial charge in [-0.2, -0.15) is 0 Å². The minimum atomic E-state index is -0.606. The number of hydrogen-bond donors (Lipinski definition) is 1. The quantitative estimate of drug-likeness (QED) is 0.571. The van der Waals surface area contributed by atoms with Crippen LogP contribution in [0, 0.1) is 6.92 Å². The van der Waals surface area contributed by atoms with Crippen LogP contribution in [0.1, 0.15) is 56.5 Å².